The van der Waals surface area contributed by atoms with Crippen LogP contribution in [0.3, 0.4) is 0 Å². The van der Waals surface area contributed by atoms with E-state index in [1.165, 1.54) is 4.90 Å². The third kappa shape index (κ3) is 3.56. The van der Waals surface area contributed by atoms with Gasteiger partial charge < -0.3 is 9.84 Å². The Bertz CT molecular complexity index is 1240. The number of imide groups is 1. The summed E-state index contributed by atoms with van der Waals surface area (Å²) in [6.07, 6.45) is 0.354. The van der Waals surface area contributed by atoms with Crippen LogP contribution in [0.5, 0.6) is 0 Å². The molecule has 4 aromatic rings. The van der Waals surface area contributed by atoms with Crippen LogP contribution in [0.25, 0.3) is 11.3 Å². The fourth-order valence-corrected chi connectivity index (χ4v) is 4.10. The van der Waals surface area contributed by atoms with Crippen molar-refractivity contribution in [2.24, 2.45) is 0 Å². The number of aromatic nitrogens is 1. The molecule has 1 aromatic heterocycles. The van der Waals surface area contributed by atoms with Crippen LogP contribution in [0.1, 0.15) is 16.8 Å². The van der Waals surface area contributed by atoms with Crippen molar-refractivity contribution in [2.75, 3.05) is 0 Å². The lowest BCUT2D eigenvalue weighted by atomic mass is 9.83. The van der Waals surface area contributed by atoms with E-state index in [9.17, 15) is 9.59 Å². The lowest BCUT2D eigenvalue weighted by Gasteiger charge is -2.27. The van der Waals surface area contributed by atoms with Crippen LogP contribution in [0.15, 0.2) is 102 Å². The predicted octanol–water partition coefficient (Wildman–Crippen LogP) is 4.53. The molecule has 1 N–H and O–H groups in total. The molecular formula is C26H21N3O3. The Kier molecular flexibility index (Phi) is 5.03. The Morgan fingerprint density at radius 1 is 0.844 bits per heavy atom. The van der Waals surface area contributed by atoms with E-state index in [0.29, 0.717) is 17.9 Å². The van der Waals surface area contributed by atoms with Gasteiger partial charge in [-0.2, -0.15) is 0 Å². The zero-order valence-corrected chi connectivity index (χ0v) is 17.3. The van der Waals surface area contributed by atoms with Crippen molar-refractivity contribution in [3.63, 3.8) is 0 Å². The van der Waals surface area contributed by atoms with Gasteiger partial charge in [0.05, 0.1) is 6.54 Å². The first-order valence-electron chi connectivity index (χ1n) is 10.4. The van der Waals surface area contributed by atoms with E-state index in [0.717, 1.165) is 16.7 Å². The van der Waals surface area contributed by atoms with E-state index in [4.69, 9.17) is 4.52 Å². The molecule has 1 fully saturated rings. The first-order valence-corrected chi connectivity index (χ1v) is 10.4. The van der Waals surface area contributed by atoms with Crippen molar-refractivity contribution >= 4 is 11.9 Å². The Hall–Kier alpha value is -4.19. The summed E-state index contributed by atoms with van der Waals surface area (Å²) in [4.78, 5) is 27.9. The molecule has 1 atom stereocenters. The van der Waals surface area contributed by atoms with Crippen LogP contribution in [-0.2, 0) is 23.3 Å². The topological polar surface area (TPSA) is 75.4 Å². The zero-order chi connectivity index (χ0) is 22.0. The maximum Gasteiger partial charge on any atom is 0.325 e. The number of carbonyl (C=O) groups excluding carboxylic acids is 2. The highest BCUT2D eigenvalue weighted by Crippen LogP contribution is 2.34. The molecule has 1 saturated heterocycles. The van der Waals surface area contributed by atoms with Crippen LogP contribution < -0.4 is 5.32 Å². The minimum atomic E-state index is -1.17. The molecule has 32 heavy (non-hydrogen) atoms. The zero-order valence-electron chi connectivity index (χ0n) is 17.3. The van der Waals surface area contributed by atoms with Gasteiger partial charge in [-0.1, -0.05) is 96.2 Å². The minimum absolute atomic E-state index is 0.0321. The van der Waals surface area contributed by atoms with Crippen molar-refractivity contribution in [1.29, 1.82) is 0 Å². The molecule has 5 rings (SSSR count). The first kappa shape index (κ1) is 19.8. The molecule has 0 radical (unpaired) electrons. The van der Waals surface area contributed by atoms with E-state index in [-0.39, 0.29) is 12.5 Å². The maximum absolute atomic E-state index is 13.7. The highest BCUT2D eigenvalue weighted by Gasteiger charge is 2.52. The minimum Gasteiger partial charge on any atom is -0.356 e. The van der Waals surface area contributed by atoms with E-state index in [2.05, 4.69) is 10.5 Å². The average Bonchev–Trinajstić information content (AvgIpc) is 3.40. The van der Waals surface area contributed by atoms with Gasteiger partial charge in [0.1, 0.15) is 5.69 Å². The highest BCUT2D eigenvalue weighted by molar-refractivity contribution is 6.07. The van der Waals surface area contributed by atoms with Gasteiger partial charge in [-0.25, -0.2) is 4.79 Å². The number of nitrogens with zero attached hydrogens (tertiary/aromatic N) is 2. The van der Waals surface area contributed by atoms with Crippen LogP contribution in [0, 0.1) is 0 Å². The number of nitrogens with one attached hydrogen (secondary N) is 1. The molecule has 0 saturated carbocycles. The SMILES string of the molecule is O=C1N[C@@](Cc2ccccc2)(c2ccccc2)C(=O)N1Cc1cc(-c2ccccc2)on1. The predicted molar refractivity (Wildman–Crippen MR) is 119 cm³/mol. The first-order chi connectivity index (χ1) is 15.7. The lowest BCUT2D eigenvalue weighted by Crippen LogP contribution is -2.46. The van der Waals surface area contributed by atoms with Gasteiger partial charge in [0, 0.05) is 18.1 Å². The average molecular weight is 423 g/mol. The van der Waals surface area contributed by atoms with Gasteiger partial charge >= 0.3 is 6.03 Å². The van der Waals surface area contributed by atoms with Gasteiger partial charge in [-0.3, -0.25) is 9.69 Å². The van der Waals surface area contributed by atoms with Gasteiger partial charge in [0.25, 0.3) is 5.91 Å². The Morgan fingerprint density at radius 3 is 2.16 bits per heavy atom. The number of amides is 3. The smallest absolute Gasteiger partial charge is 0.325 e. The Balaban J connectivity index is 1.46. The molecule has 0 bridgehead atoms. The summed E-state index contributed by atoms with van der Waals surface area (Å²) < 4.78 is 5.44. The molecular weight excluding hydrogens is 402 g/mol. The number of hydrogen-bond donors (Lipinski definition) is 1. The third-order valence-electron chi connectivity index (χ3n) is 5.69. The maximum atomic E-state index is 13.7. The van der Waals surface area contributed by atoms with Crippen LogP contribution in [-0.4, -0.2) is 22.0 Å². The van der Waals surface area contributed by atoms with Gasteiger partial charge in [-0.15, -0.1) is 0 Å². The van der Waals surface area contributed by atoms with Crippen LogP contribution >= 0.6 is 0 Å². The molecule has 0 unspecified atom stereocenters. The lowest BCUT2D eigenvalue weighted by molar-refractivity contribution is -0.132. The van der Waals surface area contributed by atoms with E-state index < -0.39 is 11.6 Å². The van der Waals surface area contributed by atoms with Gasteiger partial charge in [-0.05, 0) is 11.1 Å². The van der Waals surface area contributed by atoms with Crippen molar-refractivity contribution < 1.29 is 14.1 Å². The monoisotopic (exact) mass is 423 g/mol. The van der Waals surface area contributed by atoms with E-state index in [1.807, 2.05) is 91.0 Å². The van der Waals surface area contributed by atoms with E-state index in [1.54, 1.807) is 6.07 Å². The summed E-state index contributed by atoms with van der Waals surface area (Å²) in [5, 5.41) is 7.05. The van der Waals surface area contributed by atoms with Crippen molar-refractivity contribution in [1.82, 2.24) is 15.4 Å². The fourth-order valence-electron chi connectivity index (χ4n) is 4.10. The number of carbonyl (C=O) groups is 2. The third-order valence-corrected chi connectivity index (χ3v) is 5.69. The summed E-state index contributed by atoms with van der Waals surface area (Å²) in [5.41, 5.74) is 1.92. The molecule has 158 valence electrons. The molecule has 6 nitrogen and oxygen atoms in total. The molecule has 1 aliphatic rings. The van der Waals surface area contributed by atoms with E-state index >= 15 is 0 Å². The molecule has 0 aliphatic carbocycles. The van der Waals surface area contributed by atoms with Crippen molar-refractivity contribution in [3.8, 4) is 11.3 Å². The van der Waals surface area contributed by atoms with Crippen LogP contribution in [0.2, 0.25) is 0 Å². The molecule has 0 spiro atoms. The Labute approximate surface area is 185 Å². The summed E-state index contributed by atoms with van der Waals surface area (Å²) in [5.74, 6) is 0.285. The summed E-state index contributed by atoms with van der Waals surface area (Å²) in [6.45, 7) is 0.0321. The number of hydrogen-bond acceptors (Lipinski definition) is 4. The number of rotatable bonds is 6. The molecule has 6 heteroatoms. The molecule has 2 heterocycles. The second kappa shape index (κ2) is 8.15. The second-order valence-electron chi connectivity index (χ2n) is 7.80. The number of benzene rings is 3. The Morgan fingerprint density at radius 2 is 1.47 bits per heavy atom. The van der Waals surface area contributed by atoms with Crippen molar-refractivity contribution in [2.45, 2.75) is 18.5 Å². The second-order valence-corrected chi connectivity index (χ2v) is 7.80. The fraction of sp³-hybridized carbons (Fsp3) is 0.115. The van der Waals surface area contributed by atoms with Gasteiger partial charge in [0.15, 0.2) is 11.3 Å². The van der Waals surface area contributed by atoms with Crippen LogP contribution in [0.4, 0.5) is 4.79 Å². The molecule has 1 aliphatic heterocycles. The molecule has 3 amide bonds. The largest absolute Gasteiger partial charge is 0.356 e. The quantitative estimate of drug-likeness (QED) is 0.462. The van der Waals surface area contributed by atoms with Gasteiger partial charge in [0.2, 0.25) is 0 Å². The summed E-state index contributed by atoms with van der Waals surface area (Å²) in [7, 11) is 0. The molecule has 3 aromatic carbocycles. The number of urea groups is 1. The normalized spacial score (nSPS) is 18.1. The van der Waals surface area contributed by atoms with Crippen molar-refractivity contribution in [3.05, 3.63) is 114 Å². The summed E-state index contributed by atoms with van der Waals surface area (Å²) >= 11 is 0. The standard InChI is InChI=1S/C26H21N3O3/c30-24-26(21-14-8-3-9-15-21,17-19-10-4-1-5-11-19)27-25(31)29(24)18-22-16-23(32-28-22)20-12-6-2-7-13-20/h1-16H,17-18H2,(H,27,31)/t26-/m0/s1. The highest BCUT2D eigenvalue weighted by atomic mass is 16.5. The summed E-state index contributed by atoms with van der Waals surface area (Å²) in [6, 6.07) is 29.9.